The van der Waals surface area contributed by atoms with Gasteiger partial charge in [-0.25, -0.2) is 13.4 Å². The van der Waals surface area contributed by atoms with Crippen molar-refractivity contribution >= 4 is 21.7 Å². The number of anilines is 1. The maximum absolute atomic E-state index is 12.7. The fourth-order valence-electron chi connectivity index (χ4n) is 4.07. The van der Waals surface area contributed by atoms with Crippen molar-refractivity contribution in [3.63, 3.8) is 0 Å². The zero-order valence-corrected chi connectivity index (χ0v) is 21.6. The fourth-order valence-corrected chi connectivity index (χ4v) is 5.22. The number of aryl methyl sites for hydroxylation is 1. The van der Waals surface area contributed by atoms with Crippen LogP contribution in [-0.4, -0.2) is 89.6 Å². The third-order valence-corrected chi connectivity index (χ3v) is 8.05. The van der Waals surface area contributed by atoms with E-state index in [0.717, 1.165) is 48.8 Å². The number of hydrogen-bond donors (Lipinski definition) is 1. The van der Waals surface area contributed by atoms with E-state index in [1.165, 1.54) is 28.3 Å². The lowest BCUT2D eigenvalue weighted by Crippen LogP contribution is -2.49. The lowest BCUT2D eigenvalue weighted by Gasteiger charge is -2.36. The van der Waals surface area contributed by atoms with E-state index in [4.69, 9.17) is 0 Å². The molecule has 0 saturated carbocycles. The molecular weight excluding hydrogens is 480 g/mol. The van der Waals surface area contributed by atoms with Crippen LogP contribution in [0.2, 0.25) is 0 Å². The summed E-state index contributed by atoms with van der Waals surface area (Å²) in [5.74, 6) is 0.777. The van der Waals surface area contributed by atoms with E-state index >= 15 is 0 Å². The van der Waals surface area contributed by atoms with Gasteiger partial charge in [-0.15, -0.1) is 0 Å². The molecule has 1 saturated heterocycles. The average molecular weight is 513 g/mol. The van der Waals surface area contributed by atoms with Gasteiger partial charge in [0.05, 0.1) is 6.20 Å². The monoisotopic (exact) mass is 512 g/mol. The second kappa shape index (κ2) is 11.1. The van der Waals surface area contributed by atoms with Crippen molar-refractivity contribution in [2.45, 2.75) is 18.4 Å². The highest BCUT2D eigenvalue weighted by molar-refractivity contribution is 7.89. The topological polar surface area (TPSA) is 117 Å². The Morgan fingerprint density at radius 3 is 2.42 bits per heavy atom. The van der Waals surface area contributed by atoms with Crippen LogP contribution in [0.15, 0.2) is 53.9 Å². The molecule has 0 bridgehead atoms. The van der Waals surface area contributed by atoms with Crippen LogP contribution in [-0.2, 0) is 28.4 Å². The summed E-state index contributed by atoms with van der Waals surface area (Å²) in [5, 5.41) is 6.77. The molecule has 1 aliphatic heterocycles. The van der Waals surface area contributed by atoms with Crippen LogP contribution >= 0.6 is 0 Å². The van der Waals surface area contributed by atoms with Gasteiger partial charge in [-0.1, -0.05) is 24.3 Å². The summed E-state index contributed by atoms with van der Waals surface area (Å²) in [7, 11) is -0.244. The number of piperazine rings is 1. The Morgan fingerprint density at radius 1 is 1.08 bits per heavy atom. The number of rotatable bonds is 9. The van der Waals surface area contributed by atoms with Gasteiger partial charge < -0.3 is 10.2 Å². The van der Waals surface area contributed by atoms with Crippen LogP contribution in [0.5, 0.6) is 0 Å². The standard InChI is InChI=1S/C24H32N8O3S/c1-19(33)27-16-20-4-6-21(7-5-20)23-24(26-9-8-25-23)32-14-12-31(13-15-32)11-10-30(3)36(34,35)22-17-28-29(2)18-22/h4-9,17-18H,10-16H2,1-3H3,(H,27,33). The summed E-state index contributed by atoms with van der Waals surface area (Å²) in [6.45, 7) is 6.17. The summed E-state index contributed by atoms with van der Waals surface area (Å²) in [5.41, 5.74) is 2.80. The number of hydrogen-bond acceptors (Lipinski definition) is 8. The van der Waals surface area contributed by atoms with Crippen LogP contribution in [0.1, 0.15) is 12.5 Å². The normalized spacial score (nSPS) is 14.8. The highest BCUT2D eigenvalue weighted by Crippen LogP contribution is 2.27. The molecule has 4 rings (SSSR count). The number of likely N-dealkylation sites (N-methyl/N-ethyl adjacent to an activating group) is 1. The molecule has 1 aliphatic rings. The number of nitrogens with zero attached hydrogens (tertiary/aromatic N) is 7. The van der Waals surface area contributed by atoms with E-state index in [9.17, 15) is 13.2 Å². The molecule has 192 valence electrons. The molecule has 2 aromatic heterocycles. The van der Waals surface area contributed by atoms with Gasteiger partial charge in [0.1, 0.15) is 10.6 Å². The third-order valence-electron chi connectivity index (χ3n) is 6.24. The van der Waals surface area contributed by atoms with Gasteiger partial charge in [0, 0.05) is 91.0 Å². The van der Waals surface area contributed by atoms with Gasteiger partial charge in [0.15, 0.2) is 5.82 Å². The number of carbonyl (C=O) groups excluding carboxylic acids is 1. The van der Waals surface area contributed by atoms with E-state index < -0.39 is 10.0 Å². The molecular formula is C24H32N8O3S. The first-order valence-corrected chi connectivity index (χ1v) is 13.2. The van der Waals surface area contributed by atoms with Crippen molar-refractivity contribution in [2.75, 3.05) is 51.2 Å². The number of aromatic nitrogens is 4. The molecule has 3 aromatic rings. The minimum absolute atomic E-state index is 0.0591. The summed E-state index contributed by atoms with van der Waals surface area (Å²) < 4.78 is 28.3. The van der Waals surface area contributed by atoms with Gasteiger partial charge in [-0.2, -0.15) is 9.40 Å². The molecule has 1 amide bonds. The Morgan fingerprint density at radius 2 is 1.78 bits per heavy atom. The van der Waals surface area contributed by atoms with Gasteiger partial charge in [0.25, 0.3) is 0 Å². The fraction of sp³-hybridized carbons (Fsp3) is 0.417. The second-order valence-corrected chi connectivity index (χ2v) is 10.9. The highest BCUT2D eigenvalue weighted by atomic mass is 32.2. The molecule has 0 spiro atoms. The highest BCUT2D eigenvalue weighted by Gasteiger charge is 2.25. The van der Waals surface area contributed by atoms with Gasteiger partial charge >= 0.3 is 0 Å². The molecule has 11 nitrogen and oxygen atoms in total. The maximum Gasteiger partial charge on any atom is 0.245 e. The van der Waals surface area contributed by atoms with Crippen LogP contribution in [0, 0.1) is 0 Å². The Hall–Kier alpha value is -3.35. The Labute approximate surface area is 211 Å². The van der Waals surface area contributed by atoms with Crippen LogP contribution in [0.25, 0.3) is 11.3 Å². The van der Waals surface area contributed by atoms with E-state index in [2.05, 4.69) is 30.2 Å². The zero-order chi connectivity index (χ0) is 25.7. The lowest BCUT2D eigenvalue weighted by atomic mass is 10.1. The van der Waals surface area contributed by atoms with E-state index in [1.807, 2.05) is 24.3 Å². The summed E-state index contributed by atoms with van der Waals surface area (Å²) >= 11 is 0. The van der Waals surface area contributed by atoms with Crippen molar-refractivity contribution in [1.82, 2.24) is 34.3 Å². The summed E-state index contributed by atoms with van der Waals surface area (Å²) in [6, 6.07) is 7.97. The number of nitrogens with one attached hydrogen (secondary N) is 1. The Kier molecular flexibility index (Phi) is 7.97. The number of amides is 1. The number of benzene rings is 1. The number of carbonyl (C=O) groups is 1. The Bertz CT molecular complexity index is 1280. The second-order valence-electron chi connectivity index (χ2n) is 8.84. The molecule has 0 radical (unpaired) electrons. The van der Waals surface area contributed by atoms with Crippen LogP contribution in [0.4, 0.5) is 5.82 Å². The molecule has 1 aromatic carbocycles. The molecule has 3 heterocycles. The van der Waals surface area contributed by atoms with Crippen LogP contribution in [0.3, 0.4) is 0 Å². The van der Waals surface area contributed by atoms with Crippen LogP contribution < -0.4 is 10.2 Å². The predicted octanol–water partition coefficient (Wildman–Crippen LogP) is 0.956. The predicted molar refractivity (Wildman–Crippen MR) is 137 cm³/mol. The molecule has 0 aliphatic carbocycles. The van der Waals surface area contributed by atoms with Crippen molar-refractivity contribution in [1.29, 1.82) is 0 Å². The first-order chi connectivity index (χ1) is 17.2. The first kappa shape index (κ1) is 25.7. The first-order valence-electron chi connectivity index (χ1n) is 11.8. The largest absolute Gasteiger partial charge is 0.352 e. The molecule has 1 N–H and O–H groups in total. The smallest absolute Gasteiger partial charge is 0.245 e. The number of sulfonamides is 1. The van der Waals surface area contributed by atoms with Crippen molar-refractivity contribution in [3.05, 3.63) is 54.6 Å². The quantitative estimate of drug-likeness (QED) is 0.451. The summed E-state index contributed by atoms with van der Waals surface area (Å²) in [4.78, 5) is 25.1. The average Bonchev–Trinajstić information content (AvgIpc) is 3.34. The zero-order valence-electron chi connectivity index (χ0n) is 20.8. The molecule has 12 heteroatoms. The van der Waals surface area contributed by atoms with Crippen molar-refractivity contribution in [3.8, 4) is 11.3 Å². The van der Waals surface area contributed by atoms with E-state index in [-0.39, 0.29) is 10.8 Å². The van der Waals surface area contributed by atoms with Crippen molar-refractivity contribution in [2.24, 2.45) is 7.05 Å². The minimum atomic E-state index is -3.55. The molecule has 36 heavy (non-hydrogen) atoms. The molecule has 0 unspecified atom stereocenters. The van der Waals surface area contributed by atoms with E-state index in [0.29, 0.717) is 19.6 Å². The molecule has 1 fully saturated rings. The molecule has 0 atom stereocenters. The van der Waals surface area contributed by atoms with Gasteiger partial charge in [-0.05, 0) is 5.56 Å². The lowest BCUT2D eigenvalue weighted by molar-refractivity contribution is -0.119. The summed E-state index contributed by atoms with van der Waals surface area (Å²) in [6.07, 6.45) is 6.28. The third kappa shape index (κ3) is 6.07. The van der Waals surface area contributed by atoms with Gasteiger partial charge in [-0.3, -0.25) is 19.4 Å². The SMILES string of the molecule is CC(=O)NCc1ccc(-c2nccnc2N2CCN(CCN(C)S(=O)(=O)c3cnn(C)c3)CC2)cc1. The van der Waals surface area contributed by atoms with Crippen molar-refractivity contribution < 1.29 is 13.2 Å². The Balaban J connectivity index is 1.34. The minimum Gasteiger partial charge on any atom is -0.352 e. The maximum atomic E-state index is 12.7. The van der Waals surface area contributed by atoms with Gasteiger partial charge in [0.2, 0.25) is 15.9 Å². The van der Waals surface area contributed by atoms with E-state index in [1.54, 1.807) is 26.5 Å².